The lowest BCUT2D eigenvalue weighted by atomic mass is 9.85. The summed E-state index contributed by atoms with van der Waals surface area (Å²) in [6.07, 6.45) is 5.80. The number of amides is 1. The summed E-state index contributed by atoms with van der Waals surface area (Å²) in [6.45, 7) is 4.28. The van der Waals surface area contributed by atoms with Gasteiger partial charge in [-0.05, 0) is 50.5 Å². The highest BCUT2D eigenvalue weighted by molar-refractivity contribution is 7.17. The number of nitrogens with one attached hydrogen (secondary N) is 1. The maximum Gasteiger partial charge on any atom is 0.341 e. The molecule has 0 unspecified atom stereocenters. The van der Waals surface area contributed by atoms with E-state index in [0.717, 1.165) is 31.2 Å². The van der Waals surface area contributed by atoms with Crippen molar-refractivity contribution < 1.29 is 23.9 Å². The van der Waals surface area contributed by atoms with Crippen LogP contribution in [0.3, 0.4) is 0 Å². The van der Waals surface area contributed by atoms with Crippen molar-refractivity contribution >= 4 is 34.2 Å². The summed E-state index contributed by atoms with van der Waals surface area (Å²) in [5.74, 6) is -0.133. The minimum atomic E-state index is -0.356. The molecular formula is C20H29NO5S. The Morgan fingerprint density at radius 3 is 2.59 bits per heavy atom. The number of anilines is 1. The normalized spacial score (nSPS) is 15.7. The van der Waals surface area contributed by atoms with Gasteiger partial charge in [-0.2, -0.15) is 0 Å². The van der Waals surface area contributed by atoms with Crippen molar-refractivity contribution in [3.8, 4) is 0 Å². The summed E-state index contributed by atoms with van der Waals surface area (Å²) >= 11 is 1.50. The highest BCUT2D eigenvalue weighted by atomic mass is 32.1. The highest BCUT2D eigenvalue weighted by Crippen LogP contribution is 2.40. The first kappa shape index (κ1) is 21.4. The molecule has 150 valence electrons. The lowest BCUT2D eigenvalue weighted by molar-refractivity contribution is -0.140. The number of unbranched alkanes of at least 4 members (excludes halogenated alkanes) is 1. The highest BCUT2D eigenvalue weighted by Gasteiger charge is 2.29. The first-order valence-electron chi connectivity index (χ1n) is 9.68. The van der Waals surface area contributed by atoms with Crippen LogP contribution in [-0.2, 0) is 31.9 Å². The molecule has 0 fully saturated rings. The first-order chi connectivity index (χ1) is 13.0. The molecule has 2 rings (SSSR count). The Morgan fingerprint density at radius 2 is 1.93 bits per heavy atom. The van der Waals surface area contributed by atoms with E-state index in [1.54, 1.807) is 6.92 Å². The molecule has 27 heavy (non-hydrogen) atoms. The van der Waals surface area contributed by atoms with Gasteiger partial charge in [-0.15, -0.1) is 11.3 Å². The molecule has 1 aliphatic carbocycles. The zero-order valence-corrected chi connectivity index (χ0v) is 17.2. The smallest absolute Gasteiger partial charge is 0.341 e. The molecule has 1 amide bonds. The monoisotopic (exact) mass is 395 g/mol. The largest absolute Gasteiger partial charge is 0.469 e. The lowest BCUT2D eigenvalue weighted by Crippen LogP contribution is -2.17. The number of carbonyl (C=O) groups is 3. The number of fused-ring (bicyclic) bond motifs is 1. The first-order valence-corrected chi connectivity index (χ1v) is 10.5. The fraction of sp³-hybridized carbons (Fsp3) is 0.650. The van der Waals surface area contributed by atoms with Gasteiger partial charge >= 0.3 is 11.9 Å². The second-order valence-electron chi connectivity index (χ2n) is 6.78. The summed E-state index contributed by atoms with van der Waals surface area (Å²) in [4.78, 5) is 37.1. The van der Waals surface area contributed by atoms with Gasteiger partial charge in [-0.3, -0.25) is 9.59 Å². The van der Waals surface area contributed by atoms with E-state index < -0.39 is 0 Å². The Labute approximate surface area is 164 Å². The fourth-order valence-corrected chi connectivity index (χ4v) is 4.72. The number of thiophene rings is 1. The number of ether oxygens (including phenoxy) is 2. The van der Waals surface area contributed by atoms with Gasteiger partial charge in [0.25, 0.3) is 0 Å². The molecule has 1 aromatic heterocycles. The van der Waals surface area contributed by atoms with Crippen molar-refractivity contribution in [3.05, 3.63) is 16.0 Å². The number of carbonyl (C=O) groups excluding carboxylic acids is 3. The van der Waals surface area contributed by atoms with E-state index >= 15 is 0 Å². The van der Waals surface area contributed by atoms with Crippen LogP contribution in [0.5, 0.6) is 0 Å². The molecule has 1 aromatic rings. The number of hydrogen-bond donors (Lipinski definition) is 1. The second kappa shape index (κ2) is 10.4. The molecule has 0 aromatic carbocycles. The predicted octanol–water partition coefficient (Wildman–Crippen LogP) is 4.11. The summed E-state index contributed by atoms with van der Waals surface area (Å²) in [7, 11) is 1.35. The van der Waals surface area contributed by atoms with Gasteiger partial charge in [0.2, 0.25) is 5.91 Å². The Kier molecular flexibility index (Phi) is 8.28. The maximum absolute atomic E-state index is 12.5. The molecule has 0 saturated heterocycles. The Hall–Kier alpha value is -1.89. The fourth-order valence-electron chi connectivity index (χ4n) is 3.36. The van der Waals surface area contributed by atoms with Crippen LogP contribution in [0, 0.1) is 5.92 Å². The molecule has 0 saturated carbocycles. The van der Waals surface area contributed by atoms with Crippen LogP contribution in [-0.4, -0.2) is 31.6 Å². The van der Waals surface area contributed by atoms with Crippen molar-refractivity contribution in [1.82, 2.24) is 0 Å². The van der Waals surface area contributed by atoms with Crippen molar-refractivity contribution in [2.24, 2.45) is 5.92 Å². The van der Waals surface area contributed by atoms with Crippen LogP contribution in [0.1, 0.15) is 73.2 Å². The Morgan fingerprint density at radius 1 is 1.19 bits per heavy atom. The zero-order chi connectivity index (χ0) is 19.8. The summed E-state index contributed by atoms with van der Waals surface area (Å²) < 4.78 is 9.82. The van der Waals surface area contributed by atoms with Gasteiger partial charge in [0.15, 0.2) is 0 Å². The van der Waals surface area contributed by atoms with E-state index in [0.29, 0.717) is 48.8 Å². The van der Waals surface area contributed by atoms with Gasteiger partial charge in [-0.1, -0.05) is 13.3 Å². The molecular weight excluding hydrogens is 366 g/mol. The number of rotatable bonds is 9. The summed E-state index contributed by atoms with van der Waals surface area (Å²) in [6, 6.07) is 0. The standard InChI is InChI=1S/C20H29NO5S/c1-4-13-10-11-14-15(12-13)27-19(18(14)20(24)26-5-2)21-16(22)8-6-7-9-17(23)25-3/h13H,4-12H2,1-3H3,(H,21,22)/t13-/m1/s1. The van der Waals surface area contributed by atoms with Gasteiger partial charge < -0.3 is 14.8 Å². The van der Waals surface area contributed by atoms with Crippen LogP contribution >= 0.6 is 11.3 Å². The van der Waals surface area contributed by atoms with Crippen molar-refractivity contribution in [2.75, 3.05) is 19.0 Å². The molecule has 0 bridgehead atoms. The molecule has 1 N–H and O–H groups in total. The topological polar surface area (TPSA) is 81.7 Å². The van der Waals surface area contributed by atoms with Gasteiger partial charge in [0.1, 0.15) is 5.00 Å². The molecule has 1 aliphatic rings. The van der Waals surface area contributed by atoms with E-state index in [1.807, 2.05) is 0 Å². The van der Waals surface area contributed by atoms with Crippen molar-refractivity contribution in [1.29, 1.82) is 0 Å². The third-order valence-electron chi connectivity index (χ3n) is 4.94. The predicted molar refractivity (Wildman–Crippen MR) is 105 cm³/mol. The van der Waals surface area contributed by atoms with Crippen LogP contribution in [0.4, 0.5) is 5.00 Å². The average Bonchev–Trinajstić information content (AvgIpc) is 3.01. The van der Waals surface area contributed by atoms with Crippen LogP contribution in [0.2, 0.25) is 0 Å². The second-order valence-corrected chi connectivity index (χ2v) is 7.88. The average molecular weight is 396 g/mol. The van der Waals surface area contributed by atoms with E-state index in [2.05, 4.69) is 17.0 Å². The zero-order valence-electron chi connectivity index (χ0n) is 16.4. The Bertz CT molecular complexity index is 682. The minimum absolute atomic E-state index is 0.143. The van der Waals surface area contributed by atoms with Crippen LogP contribution in [0.15, 0.2) is 0 Å². The maximum atomic E-state index is 12.5. The lowest BCUT2D eigenvalue weighted by Gasteiger charge is -2.20. The van der Waals surface area contributed by atoms with E-state index in [9.17, 15) is 14.4 Å². The summed E-state index contributed by atoms with van der Waals surface area (Å²) in [5.41, 5.74) is 1.58. The number of esters is 2. The van der Waals surface area contributed by atoms with Crippen LogP contribution < -0.4 is 5.32 Å². The molecule has 1 heterocycles. The van der Waals surface area contributed by atoms with Crippen molar-refractivity contribution in [2.45, 2.75) is 65.2 Å². The quantitative estimate of drug-likeness (QED) is 0.503. The van der Waals surface area contributed by atoms with Gasteiger partial charge in [0.05, 0.1) is 19.3 Å². The molecule has 7 heteroatoms. The molecule has 0 spiro atoms. The third kappa shape index (κ3) is 5.79. The number of methoxy groups -OCH3 is 1. The van der Waals surface area contributed by atoms with E-state index in [4.69, 9.17) is 4.74 Å². The Balaban J connectivity index is 2.06. The van der Waals surface area contributed by atoms with E-state index in [-0.39, 0.29) is 17.8 Å². The minimum Gasteiger partial charge on any atom is -0.469 e. The van der Waals surface area contributed by atoms with E-state index in [1.165, 1.54) is 23.3 Å². The molecule has 0 aliphatic heterocycles. The third-order valence-corrected chi connectivity index (χ3v) is 6.11. The molecule has 0 radical (unpaired) electrons. The van der Waals surface area contributed by atoms with Crippen LogP contribution in [0.25, 0.3) is 0 Å². The van der Waals surface area contributed by atoms with Gasteiger partial charge in [-0.25, -0.2) is 4.79 Å². The molecule has 1 atom stereocenters. The van der Waals surface area contributed by atoms with Gasteiger partial charge in [0, 0.05) is 17.7 Å². The SMILES string of the molecule is CCOC(=O)c1c(NC(=O)CCCCC(=O)OC)sc2c1CC[C@@H](CC)C2. The summed E-state index contributed by atoms with van der Waals surface area (Å²) in [5, 5.41) is 3.51. The van der Waals surface area contributed by atoms with Crippen molar-refractivity contribution in [3.63, 3.8) is 0 Å². The molecule has 6 nitrogen and oxygen atoms in total. The number of hydrogen-bond acceptors (Lipinski definition) is 6.